The fourth-order valence-electron chi connectivity index (χ4n) is 3.60. The Balaban J connectivity index is 1.66. The lowest BCUT2D eigenvalue weighted by Gasteiger charge is -2.22. The fourth-order valence-corrected chi connectivity index (χ4v) is 5.47. The first-order chi connectivity index (χ1) is 14.2. The third-order valence-corrected chi connectivity index (χ3v) is 7.35. The first kappa shape index (κ1) is 22.1. The molecule has 1 fully saturated rings. The molecule has 1 aromatic heterocycles. The molecule has 2 amide bonds. The van der Waals surface area contributed by atoms with E-state index in [2.05, 4.69) is 10.4 Å². The summed E-state index contributed by atoms with van der Waals surface area (Å²) in [4.78, 5) is 14.6. The van der Waals surface area contributed by atoms with E-state index in [0.717, 1.165) is 5.75 Å². The van der Waals surface area contributed by atoms with Crippen molar-refractivity contribution >= 4 is 21.7 Å². The number of amides is 2. The zero-order valence-electron chi connectivity index (χ0n) is 17.9. The van der Waals surface area contributed by atoms with E-state index in [1.807, 2.05) is 6.92 Å². The molecular formula is C20H29N5O4S. The van der Waals surface area contributed by atoms with Crippen LogP contribution in [0.5, 0.6) is 5.75 Å². The number of urea groups is 1. The smallest absolute Gasteiger partial charge is 0.321 e. The minimum Gasteiger partial charge on any atom is -0.494 e. The molecule has 10 heteroatoms. The normalized spacial score (nSPS) is 15.7. The molecule has 0 saturated carbocycles. The van der Waals surface area contributed by atoms with Crippen LogP contribution >= 0.6 is 0 Å². The Morgan fingerprint density at radius 3 is 2.43 bits per heavy atom. The van der Waals surface area contributed by atoms with Crippen LogP contribution in [0.4, 0.5) is 10.5 Å². The summed E-state index contributed by atoms with van der Waals surface area (Å²) < 4.78 is 34.8. The number of rotatable bonds is 5. The number of carbonyl (C=O) groups is 1. The fraction of sp³-hybridized carbons (Fsp3) is 0.500. The van der Waals surface area contributed by atoms with E-state index >= 15 is 0 Å². The van der Waals surface area contributed by atoms with Crippen LogP contribution in [0.1, 0.15) is 24.7 Å². The highest BCUT2D eigenvalue weighted by molar-refractivity contribution is 7.89. The number of hydrogen-bond acceptors (Lipinski definition) is 5. The van der Waals surface area contributed by atoms with E-state index < -0.39 is 10.0 Å². The van der Waals surface area contributed by atoms with Gasteiger partial charge in [-0.15, -0.1) is 0 Å². The first-order valence-electron chi connectivity index (χ1n) is 10.0. The molecule has 9 nitrogen and oxygen atoms in total. The molecule has 2 heterocycles. The van der Waals surface area contributed by atoms with Crippen molar-refractivity contribution in [1.82, 2.24) is 19.0 Å². The van der Waals surface area contributed by atoms with Crippen molar-refractivity contribution in [3.05, 3.63) is 35.7 Å². The number of aromatic nitrogens is 2. The van der Waals surface area contributed by atoms with Gasteiger partial charge in [0.05, 0.1) is 18.0 Å². The number of nitrogens with one attached hydrogen (secondary N) is 1. The summed E-state index contributed by atoms with van der Waals surface area (Å²) in [5, 5.41) is 7.10. The maximum atomic E-state index is 13.2. The number of aryl methyl sites for hydroxylation is 2. The molecule has 0 unspecified atom stereocenters. The van der Waals surface area contributed by atoms with Crippen molar-refractivity contribution in [1.29, 1.82) is 0 Å². The van der Waals surface area contributed by atoms with Gasteiger partial charge in [0.1, 0.15) is 10.6 Å². The summed E-state index contributed by atoms with van der Waals surface area (Å²) >= 11 is 0. The quantitative estimate of drug-likeness (QED) is 0.778. The van der Waals surface area contributed by atoms with Crippen LogP contribution in [-0.4, -0.2) is 66.2 Å². The molecule has 1 aliphatic rings. The van der Waals surface area contributed by atoms with Gasteiger partial charge >= 0.3 is 6.03 Å². The third-order valence-electron chi connectivity index (χ3n) is 5.20. The van der Waals surface area contributed by atoms with Crippen LogP contribution in [0.3, 0.4) is 0 Å². The van der Waals surface area contributed by atoms with Gasteiger partial charge in [-0.3, -0.25) is 4.68 Å². The van der Waals surface area contributed by atoms with E-state index in [-0.39, 0.29) is 17.5 Å². The molecule has 0 spiro atoms. The highest BCUT2D eigenvalue weighted by Crippen LogP contribution is 2.24. The van der Waals surface area contributed by atoms with Crippen molar-refractivity contribution in [2.24, 2.45) is 7.05 Å². The number of nitrogens with zero attached hydrogens (tertiary/aromatic N) is 4. The van der Waals surface area contributed by atoms with Gasteiger partial charge in [0, 0.05) is 38.9 Å². The lowest BCUT2D eigenvalue weighted by molar-refractivity contribution is 0.214. The number of sulfonamides is 1. The predicted molar refractivity (Wildman–Crippen MR) is 114 cm³/mol. The average Bonchev–Trinajstić information content (AvgIpc) is 2.88. The zero-order chi connectivity index (χ0) is 21.9. The maximum Gasteiger partial charge on any atom is 0.321 e. The molecule has 2 aromatic rings. The second-order valence-electron chi connectivity index (χ2n) is 7.26. The van der Waals surface area contributed by atoms with E-state index in [9.17, 15) is 13.2 Å². The molecule has 164 valence electrons. The molecule has 3 rings (SSSR count). The van der Waals surface area contributed by atoms with Gasteiger partial charge in [-0.25, -0.2) is 13.2 Å². The van der Waals surface area contributed by atoms with Gasteiger partial charge in [0.25, 0.3) is 0 Å². The minimum atomic E-state index is -3.67. The van der Waals surface area contributed by atoms with Gasteiger partial charge in [-0.05, 0) is 51.5 Å². The van der Waals surface area contributed by atoms with Crippen molar-refractivity contribution in [3.63, 3.8) is 0 Å². The van der Waals surface area contributed by atoms with Gasteiger partial charge in [0.2, 0.25) is 10.0 Å². The summed E-state index contributed by atoms with van der Waals surface area (Å²) in [6, 6.07) is 6.92. The van der Waals surface area contributed by atoms with E-state index in [1.54, 1.807) is 54.7 Å². The average molecular weight is 436 g/mol. The highest BCUT2D eigenvalue weighted by atomic mass is 32.2. The summed E-state index contributed by atoms with van der Waals surface area (Å²) in [6.07, 6.45) is 0.564. The summed E-state index contributed by atoms with van der Waals surface area (Å²) in [7, 11) is -1.93. The third kappa shape index (κ3) is 4.59. The highest BCUT2D eigenvalue weighted by Gasteiger charge is 2.32. The monoisotopic (exact) mass is 435 g/mol. The van der Waals surface area contributed by atoms with E-state index in [4.69, 9.17) is 4.74 Å². The zero-order valence-corrected chi connectivity index (χ0v) is 18.7. The molecule has 0 bridgehead atoms. The van der Waals surface area contributed by atoms with E-state index in [0.29, 0.717) is 49.7 Å². The molecular weight excluding hydrogens is 406 g/mol. The van der Waals surface area contributed by atoms with Crippen LogP contribution in [0, 0.1) is 13.8 Å². The van der Waals surface area contributed by atoms with Crippen LogP contribution in [0.15, 0.2) is 29.2 Å². The van der Waals surface area contributed by atoms with E-state index in [1.165, 1.54) is 4.31 Å². The van der Waals surface area contributed by atoms with Gasteiger partial charge in [-0.2, -0.15) is 9.40 Å². The Hall–Kier alpha value is -2.59. The number of carbonyl (C=O) groups excluding carboxylic acids is 1. The second-order valence-corrected chi connectivity index (χ2v) is 9.13. The lowest BCUT2D eigenvalue weighted by Crippen LogP contribution is -2.39. The van der Waals surface area contributed by atoms with Crippen molar-refractivity contribution in [3.8, 4) is 5.75 Å². The van der Waals surface area contributed by atoms with Gasteiger partial charge in [-0.1, -0.05) is 0 Å². The Kier molecular flexibility index (Phi) is 6.67. The molecule has 0 atom stereocenters. The number of hydrogen-bond donors (Lipinski definition) is 1. The predicted octanol–water partition coefficient (Wildman–Crippen LogP) is 2.36. The Morgan fingerprint density at radius 1 is 1.13 bits per heavy atom. The van der Waals surface area contributed by atoms with Gasteiger partial charge < -0.3 is 15.0 Å². The first-order valence-corrected chi connectivity index (χ1v) is 11.5. The molecule has 1 N–H and O–H groups in total. The van der Waals surface area contributed by atoms with Crippen molar-refractivity contribution < 1.29 is 17.9 Å². The number of benzene rings is 1. The van der Waals surface area contributed by atoms with Crippen LogP contribution in [0.25, 0.3) is 0 Å². The second kappa shape index (κ2) is 9.05. The lowest BCUT2D eigenvalue weighted by atomic mass is 10.3. The Bertz CT molecular complexity index is 1000. The van der Waals surface area contributed by atoms with Gasteiger partial charge in [0.15, 0.2) is 0 Å². The number of ether oxygens (including phenoxy) is 1. The molecule has 1 aliphatic heterocycles. The van der Waals surface area contributed by atoms with Crippen LogP contribution in [0.2, 0.25) is 0 Å². The summed E-state index contributed by atoms with van der Waals surface area (Å²) in [6.45, 7) is 7.36. The topological polar surface area (TPSA) is 96.8 Å². The van der Waals surface area contributed by atoms with Crippen LogP contribution in [-0.2, 0) is 17.1 Å². The molecule has 1 aromatic carbocycles. The number of anilines is 1. The standard InChI is InChI=1S/C20H29N5O4S/c1-5-29-18-9-7-17(8-10-18)21-20(26)24-11-6-12-25(14-13-24)30(27,28)19-15(2)22-23(4)16(19)3/h7-10H,5-6,11-14H2,1-4H3,(H,21,26). The van der Waals surface area contributed by atoms with Crippen molar-refractivity contribution in [2.45, 2.75) is 32.1 Å². The molecule has 0 radical (unpaired) electrons. The Morgan fingerprint density at radius 2 is 1.83 bits per heavy atom. The Labute approximate surface area is 177 Å². The maximum absolute atomic E-state index is 13.2. The largest absolute Gasteiger partial charge is 0.494 e. The minimum absolute atomic E-state index is 0.243. The SMILES string of the molecule is CCOc1ccc(NC(=O)N2CCCN(S(=O)(=O)c3c(C)nn(C)c3C)CC2)cc1. The molecule has 0 aliphatic carbocycles. The summed E-state index contributed by atoms with van der Waals surface area (Å²) in [5.74, 6) is 0.743. The molecule has 30 heavy (non-hydrogen) atoms. The summed E-state index contributed by atoms with van der Waals surface area (Å²) in [5.41, 5.74) is 1.77. The van der Waals surface area contributed by atoms with Crippen LogP contribution < -0.4 is 10.1 Å². The van der Waals surface area contributed by atoms with Crippen molar-refractivity contribution in [2.75, 3.05) is 38.1 Å². The molecule has 1 saturated heterocycles.